The number of hydrogen-bond acceptors (Lipinski definition) is 3. The molecule has 3 nitrogen and oxygen atoms in total. The van der Waals surface area contributed by atoms with Crippen molar-refractivity contribution in [3.05, 3.63) is 12.3 Å². The summed E-state index contributed by atoms with van der Waals surface area (Å²) in [5, 5.41) is 2.80. The van der Waals surface area contributed by atoms with Gasteiger partial charge >= 0.3 is 5.97 Å². The van der Waals surface area contributed by atoms with Gasteiger partial charge in [-0.3, -0.25) is 0 Å². The van der Waals surface area contributed by atoms with Crippen molar-refractivity contribution in [2.45, 2.75) is 6.92 Å². The van der Waals surface area contributed by atoms with Crippen molar-refractivity contribution in [1.82, 2.24) is 5.32 Å². The van der Waals surface area contributed by atoms with E-state index < -0.39 is 0 Å². The van der Waals surface area contributed by atoms with E-state index in [1.807, 2.05) is 0 Å². The van der Waals surface area contributed by atoms with Gasteiger partial charge in [0.25, 0.3) is 0 Å². The molecule has 0 aromatic carbocycles. The van der Waals surface area contributed by atoms with Crippen LogP contribution in [0.4, 0.5) is 0 Å². The van der Waals surface area contributed by atoms with Crippen molar-refractivity contribution < 1.29 is 9.53 Å². The molecule has 11 heavy (non-hydrogen) atoms. The first kappa shape index (κ1) is 9.57. The van der Waals surface area contributed by atoms with Crippen LogP contribution in [0.15, 0.2) is 12.3 Å². The van der Waals surface area contributed by atoms with Crippen LogP contribution in [0.5, 0.6) is 0 Å². The van der Waals surface area contributed by atoms with E-state index in [9.17, 15) is 4.79 Å². The highest BCUT2D eigenvalue weighted by atomic mass is 16.5. The number of ether oxygens (including phenoxy) is 1. The summed E-state index contributed by atoms with van der Waals surface area (Å²) in [7, 11) is 1.33. The number of esters is 1. The fourth-order valence-corrected chi connectivity index (χ4v) is 0.393. The van der Waals surface area contributed by atoms with E-state index in [-0.39, 0.29) is 5.97 Å². The second-order valence-corrected chi connectivity index (χ2v) is 1.66. The molecular weight excluding hydrogens is 142 g/mol. The zero-order valence-corrected chi connectivity index (χ0v) is 6.68. The molecule has 60 valence electrons. The molecule has 0 amide bonds. The summed E-state index contributed by atoms with van der Waals surface area (Å²) in [4.78, 5) is 10.5. The smallest absolute Gasteiger partial charge is 0.331 e. The van der Waals surface area contributed by atoms with Gasteiger partial charge in [-0.15, -0.1) is 5.92 Å². The number of methoxy groups -OCH3 is 1. The van der Waals surface area contributed by atoms with E-state index in [1.54, 1.807) is 6.92 Å². The minimum atomic E-state index is -0.373. The van der Waals surface area contributed by atoms with Crippen molar-refractivity contribution in [3.63, 3.8) is 0 Å². The zero-order valence-electron chi connectivity index (χ0n) is 6.68. The molecule has 0 saturated carbocycles. The predicted octanol–water partition coefficient (Wildman–Crippen LogP) is 0.286. The Hall–Kier alpha value is -1.43. The lowest BCUT2D eigenvalue weighted by Crippen LogP contribution is -2.06. The number of nitrogens with one attached hydrogen (secondary N) is 1. The van der Waals surface area contributed by atoms with E-state index in [4.69, 9.17) is 0 Å². The third kappa shape index (κ3) is 6.46. The van der Waals surface area contributed by atoms with Crippen LogP contribution in [0, 0.1) is 11.8 Å². The first-order valence-corrected chi connectivity index (χ1v) is 3.18. The molecule has 0 saturated heterocycles. The van der Waals surface area contributed by atoms with Crippen LogP contribution in [0.1, 0.15) is 6.92 Å². The molecule has 0 unspecified atom stereocenters. The van der Waals surface area contributed by atoms with Crippen LogP contribution in [0.2, 0.25) is 0 Å². The SMILES string of the molecule is CC#CCN/C=C/C(=O)OC. The van der Waals surface area contributed by atoms with Crippen molar-refractivity contribution in [1.29, 1.82) is 0 Å². The molecule has 0 heterocycles. The van der Waals surface area contributed by atoms with Crippen LogP contribution in [0.3, 0.4) is 0 Å². The molecule has 0 aromatic rings. The number of rotatable bonds is 3. The third-order valence-electron chi connectivity index (χ3n) is 0.906. The second-order valence-electron chi connectivity index (χ2n) is 1.66. The summed E-state index contributed by atoms with van der Waals surface area (Å²) >= 11 is 0. The Morgan fingerprint density at radius 3 is 3.00 bits per heavy atom. The van der Waals surface area contributed by atoms with E-state index in [0.717, 1.165) is 0 Å². The average molecular weight is 153 g/mol. The largest absolute Gasteiger partial charge is 0.466 e. The highest BCUT2D eigenvalue weighted by Gasteiger charge is 1.86. The Balaban J connectivity index is 3.42. The maximum absolute atomic E-state index is 10.5. The fraction of sp³-hybridized carbons (Fsp3) is 0.375. The first-order chi connectivity index (χ1) is 5.31. The Morgan fingerprint density at radius 2 is 2.45 bits per heavy atom. The maximum Gasteiger partial charge on any atom is 0.331 e. The highest BCUT2D eigenvalue weighted by Crippen LogP contribution is 1.73. The molecular formula is C8H11NO2. The summed E-state index contributed by atoms with van der Waals surface area (Å²) < 4.78 is 4.35. The van der Waals surface area contributed by atoms with Gasteiger partial charge in [0, 0.05) is 12.3 Å². The third-order valence-corrected chi connectivity index (χ3v) is 0.906. The van der Waals surface area contributed by atoms with Gasteiger partial charge in [-0.05, 0) is 6.92 Å². The normalized spacial score (nSPS) is 8.55. The molecule has 1 N–H and O–H groups in total. The zero-order chi connectivity index (χ0) is 8.53. The maximum atomic E-state index is 10.5. The van der Waals surface area contributed by atoms with Crippen molar-refractivity contribution in [2.24, 2.45) is 0 Å². The molecule has 0 radical (unpaired) electrons. The Bertz CT molecular complexity index is 198. The lowest BCUT2D eigenvalue weighted by Gasteiger charge is -1.90. The minimum absolute atomic E-state index is 0.373. The Labute approximate surface area is 66.4 Å². The monoisotopic (exact) mass is 153 g/mol. The second kappa shape index (κ2) is 6.69. The van der Waals surface area contributed by atoms with Crippen LogP contribution in [-0.2, 0) is 9.53 Å². The molecule has 0 bridgehead atoms. The minimum Gasteiger partial charge on any atom is -0.466 e. The summed E-state index contributed by atoms with van der Waals surface area (Å²) in [5.74, 6) is 5.11. The van der Waals surface area contributed by atoms with E-state index in [1.165, 1.54) is 19.4 Å². The molecule has 0 spiro atoms. The van der Waals surface area contributed by atoms with E-state index in [0.29, 0.717) is 6.54 Å². The van der Waals surface area contributed by atoms with Crippen LogP contribution in [-0.4, -0.2) is 19.6 Å². The highest BCUT2D eigenvalue weighted by molar-refractivity contribution is 5.81. The summed E-state index contributed by atoms with van der Waals surface area (Å²) in [6.07, 6.45) is 2.81. The molecule has 0 aliphatic heterocycles. The predicted molar refractivity (Wildman–Crippen MR) is 42.6 cm³/mol. The van der Waals surface area contributed by atoms with Crippen LogP contribution >= 0.6 is 0 Å². The number of carbonyl (C=O) groups excluding carboxylic acids is 1. The lowest BCUT2D eigenvalue weighted by atomic mass is 10.5. The quantitative estimate of drug-likeness (QED) is 0.274. The molecule has 3 heteroatoms. The van der Waals surface area contributed by atoms with Crippen LogP contribution < -0.4 is 5.32 Å². The van der Waals surface area contributed by atoms with Gasteiger partial charge in [0.15, 0.2) is 0 Å². The standard InChI is InChI=1S/C8H11NO2/c1-3-4-6-9-7-5-8(10)11-2/h5,7,9H,6H2,1-2H3/b7-5+. The van der Waals surface area contributed by atoms with Gasteiger partial charge in [0.05, 0.1) is 13.7 Å². The molecule has 0 fully saturated rings. The van der Waals surface area contributed by atoms with E-state index in [2.05, 4.69) is 21.9 Å². The molecule has 0 atom stereocenters. The molecule has 0 rings (SSSR count). The van der Waals surface area contributed by atoms with Gasteiger partial charge < -0.3 is 10.1 Å². The van der Waals surface area contributed by atoms with Gasteiger partial charge in [-0.1, -0.05) is 5.92 Å². The molecule has 0 aromatic heterocycles. The Morgan fingerprint density at radius 1 is 1.73 bits per heavy atom. The summed E-state index contributed by atoms with van der Waals surface area (Å²) in [6.45, 7) is 2.30. The Kier molecular flexibility index (Phi) is 5.82. The van der Waals surface area contributed by atoms with E-state index >= 15 is 0 Å². The lowest BCUT2D eigenvalue weighted by molar-refractivity contribution is -0.134. The van der Waals surface area contributed by atoms with Crippen molar-refractivity contribution in [3.8, 4) is 11.8 Å². The summed E-state index contributed by atoms with van der Waals surface area (Å²) in [5.41, 5.74) is 0. The molecule has 0 aliphatic carbocycles. The van der Waals surface area contributed by atoms with Gasteiger partial charge in [0.1, 0.15) is 0 Å². The summed E-state index contributed by atoms with van der Waals surface area (Å²) in [6, 6.07) is 0. The topological polar surface area (TPSA) is 38.3 Å². The number of hydrogen-bond donors (Lipinski definition) is 1. The molecule has 0 aliphatic rings. The van der Waals surface area contributed by atoms with Gasteiger partial charge in [-0.25, -0.2) is 4.79 Å². The first-order valence-electron chi connectivity index (χ1n) is 3.18. The van der Waals surface area contributed by atoms with Crippen molar-refractivity contribution >= 4 is 5.97 Å². The van der Waals surface area contributed by atoms with Crippen LogP contribution in [0.25, 0.3) is 0 Å². The van der Waals surface area contributed by atoms with Gasteiger partial charge in [-0.2, -0.15) is 0 Å². The van der Waals surface area contributed by atoms with Gasteiger partial charge in [0.2, 0.25) is 0 Å². The van der Waals surface area contributed by atoms with Crippen molar-refractivity contribution in [2.75, 3.05) is 13.7 Å². The fourth-order valence-electron chi connectivity index (χ4n) is 0.393. The average Bonchev–Trinajstić information content (AvgIpc) is 2.04. The number of carbonyl (C=O) groups is 1.